The highest BCUT2D eigenvalue weighted by molar-refractivity contribution is 4.76. The van der Waals surface area contributed by atoms with Crippen molar-refractivity contribution < 1.29 is 9.84 Å². The van der Waals surface area contributed by atoms with Gasteiger partial charge in [0, 0.05) is 19.2 Å². The van der Waals surface area contributed by atoms with E-state index in [4.69, 9.17) is 4.74 Å². The van der Waals surface area contributed by atoms with Gasteiger partial charge in [-0.05, 0) is 31.6 Å². The van der Waals surface area contributed by atoms with Crippen molar-refractivity contribution in [2.75, 3.05) is 19.8 Å². The second-order valence-electron chi connectivity index (χ2n) is 6.53. The molecule has 1 fully saturated rings. The van der Waals surface area contributed by atoms with Gasteiger partial charge in [-0.25, -0.2) is 0 Å². The maximum atomic E-state index is 9.88. The summed E-state index contributed by atoms with van der Waals surface area (Å²) in [6, 6.07) is 0.512. The SMILES string of the molecule is CC(C)COCC(O)CN[C@@H](C)C1CCCCCC1. The monoisotopic (exact) mass is 271 g/mol. The van der Waals surface area contributed by atoms with Crippen LogP contribution in [-0.2, 0) is 4.74 Å². The maximum absolute atomic E-state index is 9.88. The third-order valence-electron chi connectivity index (χ3n) is 4.04. The fourth-order valence-corrected chi connectivity index (χ4v) is 2.80. The summed E-state index contributed by atoms with van der Waals surface area (Å²) in [5.74, 6) is 1.32. The predicted octanol–water partition coefficient (Wildman–Crippen LogP) is 2.97. The smallest absolute Gasteiger partial charge is 0.0897 e. The van der Waals surface area contributed by atoms with Crippen LogP contribution < -0.4 is 5.32 Å². The fourth-order valence-electron chi connectivity index (χ4n) is 2.80. The molecule has 0 bridgehead atoms. The van der Waals surface area contributed by atoms with Crippen LogP contribution in [0.4, 0.5) is 0 Å². The molecular weight excluding hydrogens is 238 g/mol. The second kappa shape index (κ2) is 9.73. The molecule has 0 amide bonds. The maximum Gasteiger partial charge on any atom is 0.0897 e. The number of nitrogens with one attached hydrogen (secondary N) is 1. The fraction of sp³-hybridized carbons (Fsp3) is 1.00. The van der Waals surface area contributed by atoms with Crippen LogP contribution in [-0.4, -0.2) is 37.0 Å². The van der Waals surface area contributed by atoms with Crippen LogP contribution in [0.25, 0.3) is 0 Å². The number of aliphatic hydroxyl groups excluding tert-OH is 1. The summed E-state index contributed by atoms with van der Waals surface area (Å²) in [6.45, 7) is 8.34. The Labute approximate surface area is 119 Å². The van der Waals surface area contributed by atoms with E-state index in [0.29, 0.717) is 25.1 Å². The molecule has 0 aromatic heterocycles. The van der Waals surface area contributed by atoms with Crippen molar-refractivity contribution in [1.82, 2.24) is 5.32 Å². The summed E-state index contributed by atoms with van der Waals surface area (Å²) in [5, 5.41) is 13.4. The average Bonchev–Trinajstić information content (AvgIpc) is 2.64. The highest BCUT2D eigenvalue weighted by Gasteiger charge is 2.19. The van der Waals surface area contributed by atoms with Crippen molar-refractivity contribution in [3.63, 3.8) is 0 Å². The molecule has 1 aliphatic carbocycles. The highest BCUT2D eigenvalue weighted by Crippen LogP contribution is 2.25. The van der Waals surface area contributed by atoms with Crippen LogP contribution in [0.2, 0.25) is 0 Å². The Hall–Kier alpha value is -0.120. The predicted molar refractivity (Wildman–Crippen MR) is 80.3 cm³/mol. The van der Waals surface area contributed by atoms with Gasteiger partial charge < -0.3 is 15.2 Å². The minimum Gasteiger partial charge on any atom is -0.389 e. The van der Waals surface area contributed by atoms with E-state index in [0.717, 1.165) is 12.5 Å². The topological polar surface area (TPSA) is 41.5 Å². The number of aliphatic hydroxyl groups is 1. The molecule has 1 aliphatic rings. The molecule has 0 aromatic carbocycles. The number of ether oxygens (including phenoxy) is 1. The molecule has 1 unspecified atom stereocenters. The third kappa shape index (κ3) is 7.91. The van der Waals surface area contributed by atoms with Crippen molar-refractivity contribution in [1.29, 1.82) is 0 Å². The zero-order valence-electron chi connectivity index (χ0n) is 13.0. The van der Waals surface area contributed by atoms with E-state index in [9.17, 15) is 5.11 Å². The van der Waals surface area contributed by atoms with E-state index < -0.39 is 0 Å². The molecule has 3 heteroatoms. The molecular formula is C16H33NO2. The Kier molecular flexibility index (Phi) is 8.67. The zero-order chi connectivity index (χ0) is 14.1. The lowest BCUT2D eigenvalue weighted by molar-refractivity contribution is 0.0242. The standard InChI is InChI=1S/C16H33NO2/c1-13(2)11-19-12-16(18)10-17-14(3)15-8-6-4-5-7-9-15/h13-18H,4-12H2,1-3H3/t14-,16?/m0/s1. The highest BCUT2D eigenvalue weighted by atomic mass is 16.5. The van der Waals surface area contributed by atoms with E-state index >= 15 is 0 Å². The van der Waals surface area contributed by atoms with Crippen molar-refractivity contribution in [3.8, 4) is 0 Å². The number of hydrogen-bond acceptors (Lipinski definition) is 3. The third-order valence-corrected chi connectivity index (χ3v) is 4.04. The molecule has 2 atom stereocenters. The Morgan fingerprint density at radius 3 is 2.26 bits per heavy atom. The van der Waals surface area contributed by atoms with Gasteiger partial charge in [0.05, 0.1) is 12.7 Å². The molecule has 114 valence electrons. The number of hydrogen-bond donors (Lipinski definition) is 2. The Morgan fingerprint density at radius 1 is 1.05 bits per heavy atom. The Balaban J connectivity index is 2.12. The molecule has 2 N–H and O–H groups in total. The van der Waals surface area contributed by atoms with E-state index in [1.807, 2.05) is 0 Å². The Morgan fingerprint density at radius 2 is 1.68 bits per heavy atom. The van der Waals surface area contributed by atoms with Crippen molar-refractivity contribution in [3.05, 3.63) is 0 Å². The molecule has 0 saturated heterocycles. The van der Waals surface area contributed by atoms with Gasteiger partial charge >= 0.3 is 0 Å². The Bertz CT molecular complexity index is 213. The molecule has 1 saturated carbocycles. The first-order valence-corrected chi connectivity index (χ1v) is 8.08. The summed E-state index contributed by atoms with van der Waals surface area (Å²) in [7, 11) is 0. The molecule has 0 heterocycles. The molecule has 0 radical (unpaired) electrons. The van der Waals surface area contributed by atoms with Gasteiger partial charge in [-0.15, -0.1) is 0 Å². The van der Waals surface area contributed by atoms with Crippen molar-refractivity contribution >= 4 is 0 Å². The molecule has 3 nitrogen and oxygen atoms in total. The van der Waals surface area contributed by atoms with Crippen LogP contribution in [0, 0.1) is 11.8 Å². The van der Waals surface area contributed by atoms with Gasteiger partial charge in [0.1, 0.15) is 0 Å². The van der Waals surface area contributed by atoms with Gasteiger partial charge in [-0.3, -0.25) is 0 Å². The van der Waals surface area contributed by atoms with Gasteiger partial charge in [0.2, 0.25) is 0 Å². The summed E-state index contributed by atoms with van der Waals surface area (Å²) >= 11 is 0. The minimum absolute atomic E-state index is 0.382. The van der Waals surface area contributed by atoms with Gasteiger partial charge in [0.15, 0.2) is 0 Å². The first-order chi connectivity index (χ1) is 9.09. The summed E-state index contributed by atoms with van der Waals surface area (Å²) in [6.07, 6.45) is 7.84. The van der Waals surface area contributed by atoms with Crippen LogP contribution in [0.3, 0.4) is 0 Å². The first kappa shape index (κ1) is 16.9. The number of rotatable bonds is 8. The lowest BCUT2D eigenvalue weighted by Crippen LogP contribution is -2.40. The van der Waals surface area contributed by atoms with E-state index in [-0.39, 0.29) is 6.10 Å². The molecule has 19 heavy (non-hydrogen) atoms. The molecule has 0 spiro atoms. The van der Waals surface area contributed by atoms with E-state index in [1.54, 1.807) is 0 Å². The van der Waals surface area contributed by atoms with E-state index in [2.05, 4.69) is 26.1 Å². The largest absolute Gasteiger partial charge is 0.389 e. The second-order valence-corrected chi connectivity index (χ2v) is 6.53. The van der Waals surface area contributed by atoms with Crippen LogP contribution in [0.15, 0.2) is 0 Å². The summed E-state index contributed by atoms with van der Waals surface area (Å²) < 4.78 is 5.46. The van der Waals surface area contributed by atoms with Gasteiger partial charge in [0.25, 0.3) is 0 Å². The quantitative estimate of drug-likeness (QED) is 0.667. The van der Waals surface area contributed by atoms with Gasteiger partial charge in [-0.2, -0.15) is 0 Å². The van der Waals surface area contributed by atoms with Crippen LogP contribution >= 0.6 is 0 Å². The van der Waals surface area contributed by atoms with Crippen LogP contribution in [0.5, 0.6) is 0 Å². The zero-order valence-corrected chi connectivity index (χ0v) is 13.0. The van der Waals surface area contributed by atoms with Crippen LogP contribution in [0.1, 0.15) is 59.3 Å². The first-order valence-electron chi connectivity index (χ1n) is 8.08. The molecule has 1 rings (SSSR count). The summed E-state index contributed by atoms with van der Waals surface area (Å²) in [5.41, 5.74) is 0. The summed E-state index contributed by atoms with van der Waals surface area (Å²) in [4.78, 5) is 0. The molecule has 0 aliphatic heterocycles. The van der Waals surface area contributed by atoms with Crippen molar-refractivity contribution in [2.24, 2.45) is 11.8 Å². The van der Waals surface area contributed by atoms with E-state index in [1.165, 1.54) is 38.5 Å². The van der Waals surface area contributed by atoms with Gasteiger partial charge in [-0.1, -0.05) is 39.5 Å². The average molecular weight is 271 g/mol. The normalized spacial score (nSPS) is 21.3. The lowest BCUT2D eigenvalue weighted by Gasteiger charge is -2.25. The molecule has 0 aromatic rings. The lowest BCUT2D eigenvalue weighted by atomic mass is 9.93. The minimum atomic E-state index is -0.382. The van der Waals surface area contributed by atoms with Crippen molar-refractivity contribution in [2.45, 2.75) is 71.4 Å².